The highest BCUT2D eigenvalue weighted by molar-refractivity contribution is 6.30. The Morgan fingerprint density at radius 1 is 1.16 bits per heavy atom. The fourth-order valence-electron chi connectivity index (χ4n) is 4.08. The molecule has 2 fully saturated rings. The van der Waals surface area contributed by atoms with E-state index >= 15 is 0 Å². The molecule has 31 heavy (non-hydrogen) atoms. The third-order valence-corrected chi connectivity index (χ3v) is 6.17. The minimum Gasteiger partial charge on any atom is -0.355 e. The highest BCUT2D eigenvalue weighted by Gasteiger charge is 2.34. The first-order chi connectivity index (χ1) is 15.0. The molecule has 160 valence electrons. The zero-order valence-corrected chi connectivity index (χ0v) is 17.8. The van der Waals surface area contributed by atoms with Crippen LogP contribution in [0.3, 0.4) is 0 Å². The number of fused-ring (bicyclic) bond motifs is 1. The van der Waals surface area contributed by atoms with Gasteiger partial charge in [0.1, 0.15) is 0 Å². The van der Waals surface area contributed by atoms with Gasteiger partial charge in [0.15, 0.2) is 0 Å². The molecule has 1 unspecified atom stereocenters. The van der Waals surface area contributed by atoms with E-state index in [0.29, 0.717) is 52.1 Å². The van der Waals surface area contributed by atoms with Crippen LogP contribution in [-0.2, 0) is 0 Å². The maximum absolute atomic E-state index is 12.7. The van der Waals surface area contributed by atoms with Gasteiger partial charge in [-0.3, -0.25) is 4.79 Å². The second kappa shape index (κ2) is 7.85. The van der Waals surface area contributed by atoms with Gasteiger partial charge in [-0.1, -0.05) is 16.8 Å². The van der Waals surface area contributed by atoms with Crippen LogP contribution in [0.2, 0.25) is 5.02 Å². The lowest BCUT2D eigenvalue weighted by Crippen LogP contribution is -2.32. The lowest BCUT2D eigenvalue weighted by atomic mass is 9.98. The maximum Gasteiger partial charge on any atom is 0.321 e. The molecule has 3 heterocycles. The first-order valence-electron chi connectivity index (χ1n) is 10.4. The number of aromatic nitrogens is 2. The number of nitrogens with zero attached hydrogens (tertiary/aromatic N) is 3. The van der Waals surface area contributed by atoms with Crippen molar-refractivity contribution in [3.05, 3.63) is 52.3 Å². The van der Waals surface area contributed by atoms with Gasteiger partial charge in [-0.2, -0.15) is 0 Å². The molecule has 9 heteroatoms. The summed E-state index contributed by atoms with van der Waals surface area (Å²) in [7, 11) is 1.61. The van der Waals surface area contributed by atoms with E-state index in [-0.39, 0.29) is 17.9 Å². The summed E-state index contributed by atoms with van der Waals surface area (Å²) in [6.07, 6.45) is 2.88. The molecule has 1 saturated heterocycles. The minimum atomic E-state index is -0.186. The third kappa shape index (κ3) is 3.83. The molecule has 2 N–H and O–H groups in total. The molecule has 3 aromatic rings. The number of pyridine rings is 1. The zero-order valence-electron chi connectivity index (χ0n) is 17.0. The number of amides is 3. The molecule has 0 spiro atoms. The Hall–Kier alpha value is -3.13. The van der Waals surface area contributed by atoms with Crippen LogP contribution in [0.25, 0.3) is 11.1 Å². The van der Waals surface area contributed by atoms with Gasteiger partial charge < -0.3 is 20.1 Å². The summed E-state index contributed by atoms with van der Waals surface area (Å²) in [6, 6.07) is 8.66. The summed E-state index contributed by atoms with van der Waals surface area (Å²) in [5.74, 6) is 0.170. The Balaban J connectivity index is 1.39. The van der Waals surface area contributed by atoms with Gasteiger partial charge >= 0.3 is 6.03 Å². The second-order valence-electron chi connectivity index (χ2n) is 8.06. The fourth-order valence-corrected chi connectivity index (χ4v) is 4.20. The van der Waals surface area contributed by atoms with Crippen LogP contribution in [0.15, 0.2) is 34.9 Å². The molecule has 3 amide bonds. The molecule has 5 rings (SSSR count). The number of anilines is 1. The van der Waals surface area contributed by atoms with Crippen LogP contribution in [0.4, 0.5) is 10.5 Å². The summed E-state index contributed by atoms with van der Waals surface area (Å²) in [6.45, 7) is 1.07. The van der Waals surface area contributed by atoms with Crippen molar-refractivity contribution < 1.29 is 14.1 Å². The molecule has 8 nitrogen and oxygen atoms in total. The van der Waals surface area contributed by atoms with E-state index in [1.54, 1.807) is 36.2 Å². The van der Waals surface area contributed by atoms with Crippen LogP contribution >= 0.6 is 11.6 Å². The third-order valence-electron chi connectivity index (χ3n) is 5.92. The van der Waals surface area contributed by atoms with Crippen molar-refractivity contribution in [3.63, 3.8) is 0 Å². The largest absolute Gasteiger partial charge is 0.355 e. The van der Waals surface area contributed by atoms with Crippen molar-refractivity contribution >= 4 is 40.3 Å². The van der Waals surface area contributed by atoms with Crippen molar-refractivity contribution in [3.8, 4) is 0 Å². The molecule has 2 aliphatic rings. The van der Waals surface area contributed by atoms with Gasteiger partial charge in [-0.15, -0.1) is 0 Å². The zero-order chi connectivity index (χ0) is 21.5. The van der Waals surface area contributed by atoms with E-state index in [9.17, 15) is 9.59 Å². The number of carbonyl (C=O) groups excluding carboxylic acids is 2. The molecule has 1 atom stereocenters. The highest BCUT2D eigenvalue weighted by Crippen LogP contribution is 2.41. The number of hydrogen-bond donors (Lipinski definition) is 2. The van der Waals surface area contributed by atoms with Crippen LogP contribution in [-0.4, -0.2) is 47.1 Å². The van der Waals surface area contributed by atoms with Crippen molar-refractivity contribution in [1.29, 1.82) is 0 Å². The monoisotopic (exact) mass is 439 g/mol. The number of rotatable bonds is 4. The van der Waals surface area contributed by atoms with Crippen LogP contribution in [0.5, 0.6) is 0 Å². The first kappa shape index (κ1) is 19.8. The van der Waals surface area contributed by atoms with Crippen molar-refractivity contribution in [2.24, 2.45) is 0 Å². The maximum atomic E-state index is 12.7. The van der Waals surface area contributed by atoms with E-state index in [1.165, 1.54) is 0 Å². The van der Waals surface area contributed by atoms with Crippen molar-refractivity contribution in [1.82, 2.24) is 20.4 Å². The number of carbonyl (C=O) groups is 2. The lowest BCUT2D eigenvalue weighted by Gasteiger charge is -2.17. The summed E-state index contributed by atoms with van der Waals surface area (Å²) in [4.78, 5) is 31.6. The Labute approximate surface area is 183 Å². The topological polar surface area (TPSA) is 100 Å². The van der Waals surface area contributed by atoms with Crippen LogP contribution in [0.1, 0.15) is 52.8 Å². The lowest BCUT2D eigenvalue weighted by molar-refractivity contribution is 0.0964. The van der Waals surface area contributed by atoms with Gasteiger partial charge in [-0.25, -0.2) is 9.78 Å². The predicted molar refractivity (Wildman–Crippen MR) is 117 cm³/mol. The Morgan fingerprint density at radius 3 is 2.65 bits per heavy atom. The quantitative estimate of drug-likeness (QED) is 0.636. The number of benzene rings is 1. The van der Waals surface area contributed by atoms with E-state index in [2.05, 4.69) is 20.8 Å². The molecule has 0 bridgehead atoms. The van der Waals surface area contributed by atoms with Gasteiger partial charge in [0.2, 0.25) is 0 Å². The van der Waals surface area contributed by atoms with Gasteiger partial charge in [0.05, 0.1) is 16.6 Å². The Bertz CT molecular complexity index is 1160. The highest BCUT2D eigenvalue weighted by atomic mass is 35.5. The molecule has 2 aromatic heterocycles. The van der Waals surface area contributed by atoms with Crippen molar-refractivity contribution in [2.45, 2.75) is 31.1 Å². The standard InChI is InChI=1S/C22H22ClN5O3/c1-24-20(29)16-10-17(12-2-3-12)26-21-18(16)19(27-31-21)13-8-9-28(11-13)22(30)25-15-6-4-14(23)5-7-15/h4-7,10,12-13H,2-3,8-9,11H2,1H3,(H,24,29)(H,25,30). The van der Waals surface area contributed by atoms with Gasteiger partial charge in [-0.05, 0) is 49.6 Å². The van der Waals surface area contributed by atoms with E-state index in [0.717, 1.165) is 25.0 Å². The Kier molecular flexibility index (Phi) is 5.02. The molecule has 1 aromatic carbocycles. The number of urea groups is 1. The molecular weight excluding hydrogens is 418 g/mol. The number of nitrogens with one attached hydrogen (secondary N) is 2. The Morgan fingerprint density at radius 2 is 1.94 bits per heavy atom. The minimum absolute atomic E-state index is 0.0331. The van der Waals surface area contributed by atoms with Crippen LogP contribution in [0, 0.1) is 0 Å². The van der Waals surface area contributed by atoms with E-state index in [1.807, 2.05) is 6.07 Å². The van der Waals surface area contributed by atoms with Gasteiger partial charge in [0.25, 0.3) is 11.6 Å². The average Bonchev–Trinajstić information content (AvgIpc) is 3.36. The predicted octanol–water partition coefficient (Wildman–Crippen LogP) is 4.13. The summed E-state index contributed by atoms with van der Waals surface area (Å²) < 4.78 is 5.55. The van der Waals surface area contributed by atoms with E-state index in [4.69, 9.17) is 16.1 Å². The summed E-state index contributed by atoms with van der Waals surface area (Å²) in [5.41, 5.74) is 3.18. The van der Waals surface area contributed by atoms with E-state index < -0.39 is 0 Å². The molecule has 1 aliphatic heterocycles. The number of hydrogen-bond acceptors (Lipinski definition) is 5. The SMILES string of the molecule is CNC(=O)c1cc(C2CC2)nc2onc(C3CCN(C(=O)Nc4ccc(Cl)cc4)C3)c12. The summed E-state index contributed by atoms with van der Waals surface area (Å²) in [5, 5.41) is 11.1. The molecule has 1 saturated carbocycles. The van der Waals surface area contributed by atoms with Gasteiger partial charge in [0, 0.05) is 48.4 Å². The smallest absolute Gasteiger partial charge is 0.321 e. The number of halogens is 1. The molecule has 1 aliphatic carbocycles. The fraction of sp³-hybridized carbons (Fsp3) is 0.364. The average molecular weight is 440 g/mol. The normalized spacial score (nSPS) is 18.4. The number of likely N-dealkylation sites (tertiary alicyclic amines) is 1. The first-order valence-corrected chi connectivity index (χ1v) is 10.7. The summed E-state index contributed by atoms with van der Waals surface area (Å²) >= 11 is 5.90. The van der Waals surface area contributed by atoms with Crippen LogP contribution < -0.4 is 10.6 Å². The second-order valence-corrected chi connectivity index (χ2v) is 8.50. The molecular formula is C22H22ClN5O3. The van der Waals surface area contributed by atoms with Crippen molar-refractivity contribution in [2.75, 3.05) is 25.5 Å². The molecule has 0 radical (unpaired) electrons.